The molecule has 2 N–H and O–H groups in total. The lowest BCUT2D eigenvalue weighted by atomic mass is 10.1. The highest BCUT2D eigenvalue weighted by Crippen LogP contribution is 2.32. The first-order chi connectivity index (χ1) is 13.0. The maximum atomic E-state index is 12.4. The van der Waals surface area contributed by atoms with Crippen molar-refractivity contribution in [2.45, 2.75) is 6.42 Å². The third kappa shape index (κ3) is 4.49. The fourth-order valence-electron chi connectivity index (χ4n) is 2.74. The minimum Gasteiger partial charge on any atom is -0.481 e. The van der Waals surface area contributed by atoms with Crippen LogP contribution in [0.1, 0.15) is 16.8 Å². The minimum atomic E-state index is -1.10. The standard InChI is InChI=1S/C21H17NO5/c23-17(14-6-2-1-3-7-14)12-19(24)22-16-10-4-8-15-9-5-11-18(21(15)16)27-13-20(25)26/h1-11H,12-13H2,(H,22,24)(H,25,26). The molecular weight excluding hydrogens is 346 g/mol. The van der Waals surface area contributed by atoms with Crippen LogP contribution >= 0.6 is 0 Å². The molecule has 0 spiro atoms. The maximum Gasteiger partial charge on any atom is 0.341 e. The Labute approximate surface area is 155 Å². The van der Waals surface area contributed by atoms with E-state index < -0.39 is 18.5 Å². The highest BCUT2D eigenvalue weighted by atomic mass is 16.5. The number of carboxylic acid groups (broad SMARTS) is 1. The summed E-state index contributed by atoms with van der Waals surface area (Å²) in [5.74, 6) is -1.48. The summed E-state index contributed by atoms with van der Waals surface area (Å²) < 4.78 is 5.34. The predicted molar refractivity (Wildman–Crippen MR) is 101 cm³/mol. The van der Waals surface area contributed by atoms with E-state index in [0.717, 1.165) is 5.39 Å². The number of amides is 1. The van der Waals surface area contributed by atoms with Gasteiger partial charge in [-0.3, -0.25) is 9.59 Å². The van der Waals surface area contributed by atoms with Crippen LogP contribution < -0.4 is 10.1 Å². The van der Waals surface area contributed by atoms with Crippen molar-refractivity contribution >= 4 is 34.1 Å². The molecule has 0 aliphatic carbocycles. The average Bonchev–Trinajstić information content (AvgIpc) is 2.67. The smallest absolute Gasteiger partial charge is 0.341 e. The van der Waals surface area contributed by atoms with E-state index >= 15 is 0 Å². The molecule has 0 aliphatic heterocycles. The lowest BCUT2D eigenvalue weighted by Gasteiger charge is -2.13. The van der Waals surface area contributed by atoms with Gasteiger partial charge in [-0.1, -0.05) is 54.6 Å². The maximum absolute atomic E-state index is 12.4. The molecule has 0 aromatic heterocycles. The van der Waals surface area contributed by atoms with Gasteiger partial charge >= 0.3 is 5.97 Å². The number of rotatable bonds is 7. The number of ether oxygens (including phenoxy) is 1. The van der Waals surface area contributed by atoms with Gasteiger partial charge in [0.2, 0.25) is 5.91 Å². The van der Waals surface area contributed by atoms with E-state index in [1.54, 1.807) is 54.6 Å². The van der Waals surface area contributed by atoms with Gasteiger partial charge in [0.25, 0.3) is 0 Å². The van der Waals surface area contributed by atoms with E-state index in [-0.39, 0.29) is 12.2 Å². The van der Waals surface area contributed by atoms with Gasteiger partial charge in [-0.15, -0.1) is 0 Å². The van der Waals surface area contributed by atoms with Crippen molar-refractivity contribution in [1.82, 2.24) is 0 Å². The van der Waals surface area contributed by atoms with Crippen molar-refractivity contribution in [2.24, 2.45) is 0 Å². The van der Waals surface area contributed by atoms with Gasteiger partial charge in [0.1, 0.15) is 5.75 Å². The van der Waals surface area contributed by atoms with Crippen molar-refractivity contribution in [1.29, 1.82) is 0 Å². The summed E-state index contributed by atoms with van der Waals surface area (Å²) in [6.45, 7) is -0.492. The first-order valence-corrected chi connectivity index (χ1v) is 8.29. The summed E-state index contributed by atoms with van der Waals surface area (Å²) in [7, 11) is 0. The predicted octanol–water partition coefficient (Wildman–Crippen LogP) is 3.51. The third-order valence-electron chi connectivity index (χ3n) is 3.91. The Morgan fingerprint density at radius 1 is 0.889 bits per heavy atom. The van der Waals surface area contributed by atoms with Crippen molar-refractivity contribution < 1.29 is 24.2 Å². The van der Waals surface area contributed by atoms with E-state index in [1.165, 1.54) is 0 Å². The molecule has 6 nitrogen and oxygen atoms in total. The van der Waals surface area contributed by atoms with Crippen LogP contribution in [0.15, 0.2) is 66.7 Å². The number of carboxylic acids is 1. The molecular formula is C21H17NO5. The van der Waals surface area contributed by atoms with E-state index in [1.807, 2.05) is 12.1 Å². The normalized spacial score (nSPS) is 10.4. The highest BCUT2D eigenvalue weighted by Gasteiger charge is 2.15. The number of carbonyl (C=O) groups excluding carboxylic acids is 2. The molecule has 0 atom stereocenters. The number of Topliss-reactive ketones (excluding diaryl/α,β-unsaturated/α-hetero) is 1. The number of ketones is 1. The van der Waals surface area contributed by atoms with Crippen LogP contribution in [0.2, 0.25) is 0 Å². The Kier molecular flexibility index (Phi) is 5.47. The first-order valence-electron chi connectivity index (χ1n) is 8.29. The fraction of sp³-hybridized carbons (Fsp3) is 0.0952. The van der Waals surface area contributed by atoms with Gasteiger partial charge in [-0.05, 0) is 17.5 Å². The van der Waals surface area contributed by atoms with Gasteiger partial charge in [0.15, 0.2) is 12.4 Å². The Balaban J connectivity index is 1.82. The zero-order chi connectivity index (χ0) is 19.2. The van der Waals surface area contributed by atoms with E-state index in [4.69, 9.17) is 9.84 Å². The van der Waals surface area contributed by atoms with Gasteiger partial charge in [0.05, 0.1) is 12.1 Å². The molecule has 0 fully saturated rings. The Hall–Kier alpha value is -3.67. The number of hydrogen-bond acceptors (Lipinski definition) is 4. The molecule has 0 radical (unpaired) electrons. The summed E-state index contributed by atoms with van der Waals surface area (Å²) in [5, 5.41) is 12.9. The molecule has 0 unspecified atom stereocenters. The topological polar surface area (TPSA) is 92.7 Å². The quantitative estimate of drug-likeness (QED) is 0.495. The van der Waals surface area contributed by atoms with Gasteiger partial charge < -0.3 is 15.2 Å². The molecule has 3 aromatic rings. The largest absolute Gasteiger partial charge is 0.481 e. The highest BCUT2D eigenvalue weighted by molar-refractivity contribution is 6.13. The third-order valence-corrected chi connectivity index (χ3v) is 3.91. The molecule has 0 saturated carbocycles. The number of aliphatic carboxylic acids is 1. The van der Waals surface area contributed by atoms with Crippen LogP contribution in [0.4, 0.5) is 5.69 Å². The van der Waals surface area contributed by atoms with Crippen molar-refractivity contribution in [3.8, 4) is 5.75 Å². The molecule has 0 bridgehead atoms. The Morgan fingerprint density at radius 2 is 1.59 bits per heavy atom. The molecule has 0 aliphatic rings. The molecule has 3 aromatic carbocycles. The monoisotopic (exact) mass is 363 g/mol. The molecule has 3 rings (SSSR count). The van der Waals surface area contributed by atoms with Crippen LogP contribution in [0, 0.1) is 0 Å². The van der Waals surface area contributed by atoms with Crippen LogP contribution in [0.3, 0.4) is 0 Å². The fourth-order valence-corrected chi connectivity index (χ4v) is 2.74. The number of benzene rings is 3. The van der Waals surface area contributed by atoms with Crippen LogP contribution in [0.5, 0.6) is 5.75 Å². The minimum absolute atomic E-state index is 0.282. The van der Waals surface area contributed by atoms with E-state index in [2.05, 4.69) is 5.32 Å². The molecule has 6 heteroatoms. The SMILES string of the molecule is O=C(O)COc1cccc2cccc(NC(=O)CC(=O)c3ccccc3)c12. The Bertz CT molecular complexity index is 993. The number of nitrogens with one attached hydrogen (secondary N) is 1. The van der Waals surface area contributed by atoms with Crippen molar-refractivity contribution in [2.75, 3.05) is 11.9 Å². The van der Waals surface area contributed by atoms with Crippen LogP contribution in [-0.2, 0) is 9.59 Å². The summed E-state index contributed by atoms with van der Waals surface area (Å²) in [5.41, 5.74) is 0.926. The van der Waals surface area contributed by atoms with Crippen molar-refractivity contribution in [3.05, 3.63) is 72.3 Å². The van der Waals surface area contributed by atoms with E-state index in [9.17, 15) is 14.4 Å². The van der Waals surface area contributed by atoms with Gasteiger partial charge in [0, 0.05) is 10.9 Å². The molecule has 27 heavy (non-hydrogen) atoms. The Morgan fingerprint density at radius 3 is 2.30 bits per heavy atom. The average molecular weight is 363 g/mol. The van der Waals surface area contributed by atoms with Crippen molar-refractivity contribution in [3.63, 3.8) is 0 Å². The summed E-state index contributed by atoms with van der Waals surface area (Å²) in [4.78, 5) is 35.3. The number of hydrogen-bond donors (Lipinski definition) is 2. The molecule has 0 saturated heterocycles. The number of anilines is 1. The van der Waals surface area contributed by atoms with E-state index in [0.29, 0.717) is 22.4 Å². The first kappa shape index (κ1) is 18.1. The zero-order valence-electron chi connectivity index (χ0n) is 14.3. The van der Waals surface area contributed by atoms with Crippen LogP contribution in [0.25, 0.3) is 10.8 Å². The van der Waals surface area contributed by atoms with Gasteiger partial charge in [-0.2, -0.15) is 0 Å². The number of carbonyl (C=O) groups is 3. The zero-order valence-corrected chi connectivity index (χ0v) is 14.3. The second kappa shape index (κ2) is 8.14. The summed E-state index contributed by atoms with van der Waals surface area (Å²) in [6.07, 6.45) is -0.293. The van der Waals surface area contributed by atoms with Crippen LogP contribution in [-0.4, -0.2) is 29.4 Å². The second-order valence-corrected chi connectivity index (χ2v) is 5.86. The molecule has 136 valence electrons. The lowest BCUT2D eigenvalue weighted by Crippen LogP contribution is -2.17. The second-order valence-electron chi connectivity index (χ2n) is 5.86. The van der Waals surface area contributed by atoms with Gasteiger partial charge in [-0.25, -0.2) is 4.79 Å². The number of fused-ring (bicyclic) bond motifs is 1. The molecule has 1 amide bonds. The molecule has 0 heterocycles. The summed E-state index contributed by atoms with van der Waals surface area (Å²) in [6, 6.07) is 19.1. The lowest BCUT2D eigenvalue weighted by molar-refractivity contribution is -0.139. The summed E-state index contributed by atoms with van der Waals surface area (Å²) >= 11 is 0.